The highest BCUT2D eigenvalue weighted by molar-refractivity contribution is 6.10. The number of rotatable bonds is 12. The Bertz CT molecular complexity index is 1460. The van der Waals surface area contributed by atoms with E-state index in [4.69, 9.17) is 21.6 Å². The van der Waals surface area contributed by atoms with Crippen molar-refractivity contribution in [2.45, 2.75) is 46.6 Å². The third-order valence-electron chi connectivity index (χ3n) is 6.68. The lowest BCUT2D eigenvalue weighted by Crippen LogP contribution is -2.44. The molecule has 1 heterocycles. The molecule has 42 heavy (non-hydrogen) atoms. The number of ether oxygens (including phenoxy) is 1. The van der Waals surface area contributed by atoms with Crippen LogP contribution in [0.25, 0.3) is 11.1 Å². The number of aromatic carboxylic acids is 1. The fourth-order valence-electron chi connectivity index (χ4n) is 4.37. The molecule has 0 fully saturated rings. The van der Waals surface area contributed by atoms with Crippen LogP contribution in [0.3, 0.4) is 0 Å². The van der Waals surface area contributed by atoms with Gasteiger partial charge in [0.25, 0.3) is 11.8 Å². The van der Waals surface area contributed by atoms with Gasteiger partial charge in [-0.05, 0) is 79.8 Å². The Balaban J connectivity index is 2.02. The van der Waals surface area contributed by atoms with Crippen LogP contribution in [0.1, 0.15) is 77.3 Å². The quantitative estimate of drug-likeness (QED) is 0.136. The molecule has 0 bridgehead atoms. The van der Waals surface area contributed by atoms with Gasteiger partial charge >= 0.3 is 5.97 Å². The van der Waals surface area contributed by atoms with Gasteiger partial charge < -0.3 is 31.9 Å². The highest BCUT2D eigenvalue weighted by atomic mass is 16.5. The van der Waals surface area contributed by atoms with Crippen LogP contribution in [0, 0.1) is 10.8 Å². The minimum absolute atomic E-state index is 0.0640. The minimum atomic E-state index is -1.27. The van der Waals surface area contributed by atoms with E-state index in [0.717, 1.165) is 6.42 Å². The number of nitrogen functional groups attached to an aromatic ring is 1. The van der Waals surface area contributed by atoms with E-state index in [2.05, 4.69) is 15.6 Å². The Labute approximate surface area is 245 Å². The van der Waals surface area contributed by atoms with E-state index in [1.807, 2.05) is 20.8 Å². The molecule has 3 rings (SSSR count). The van der Waals surface area contributed by atoms with Gasteiger partial charge in [0.1, 0.15) is 11.5 Å². The first-order valence-electron chi connectivity index (χ1n) is 13.6. The van der Waals surface area contributed by atoms with Gasteiger partial charge in [0.05, 0.1) is 12.2 Å². The molecule has 1 aromatic heterocycles. The van der Waals surface area contributed by atoms with Crippen molar-refractivity contribution >= 4 is 29.3 Å². The van der Waals surface area contributed by atoms with Crippen molar-refractivity contribution in [1.29, 1.82) is 5.41 Å². The molecule has 2 amide bonds. The monoisotopic (exact) mass is 574 g/mol. The molecular weight excluding hydrogens is 536 g/mol. The summed E-state index contributed by atoms with van der Waals surface area (Å²) >= 11 is 0. The first-order chi connectivity index (χ1) is 19.8. The number of pyridine rings is 1. The third kappa shape index (κ3) is 7.91. The predicted molar refractivity (Wildman–Crippen MR) is 162 cm³/mol. The van der Waals surface area contributed by atoms with E-state index in [1.54, 1.807) is 43.3 Å². The fourth-order valence-corrected chi connectivity index (χ4v) is 4.37. The summed E-state index contributed by atoms with van der Waals surface area (Å²) in [6.07, 6.45) is 1.42. The van der Waals surface area contributed by atoms with Gasteiger partial charge in [-0.25, -0.2) is 9.78 Å². The molecule has 0 saturated carbocycles. The first kappa shape index (κ1) is 31.8. The standard InChI is InChI=1S/C31H38N6O5/c1-5-42-25-15-14-22(26(37-25)29(39)35-20-11-8-18(9-12-20)27(33)34)21-13-10-19(17-23(21)30(40)41)28(38)36-24(7-6-16-32)31(2,3)4/h8-15,17,24H,5-7,16,32H2,1-4H3,(H3,33,34)(H,35,39)(H,36,38)(H,40,41)/t24-/m1/s1. The number of amides is 2. The largest absolute Gasteiger partial charge is 0.478 e. The van der Waals surface area contributed by atoms with Crippen LogP contribution in [-0.2, 0) is 0 Å². The maximum absolute atomic E-state index is 13.4. The van der Waals surface area contributed by atoms with E-state index in [-0.39, 0.29) is 51.1 Å². The van der Waals surface area contributed by atoms with Crippen molar-refractivity contribution in [2.75, 3.05) is 18.5 Å². The van der Waals surface area contributed by atoms with Crippen molar-refractivity contribution in [1.82, 2.24) is 10.3 Å². The Kier molecular flexibility index (Phi) is 10.4. The number of carboxylic acids is 1. The van der Waals surface area contributed by atoms with Gasteiger partial charge in [-0.15, -0.1) is 0 Å². The zero-order chi connectivity index (χ0) is 31.0. The molecule has 0 aliphatic carbocycles. The van der Waals surface area contributed by atoms with Crippen LogP contribution >= 0.6 is 0 Å². The number of carboxylic acid groups (broad SMARTS) is 1. The maximum Gasteiger partial charge on any atom is 0.336 e. The highest BCUT2D eigenvalue weighted by Gasteiger charge is 2.27. The second-order valence-corrected chi connectivity index (χ2v) is 10.8. The Morgan fingerprint density at radius 2 is 1.64 bits per heavy atom. The topological polar surface area (TPSA) is 194 Å². The molecule has 0 unspecified atom stereocenters. The normalized spacial score (nSPS) is 11.8. The molecule has 0 aliphatic rings. The molecule has 0 saturated heterocycles. The lowest BCUT2D eigenvalue weighted by Gasteiger charge is -2.31. The predicted octanol–water partition coefficient (Wildman–Crippen LogP) is 4.27. The van der Waals surface area contributed by atoms with Crippen LogP contribution in [0.4, 0.5) is 5.69 Å². The van der Waals surface area contributed by atoms with Crippen molar-refractivity contribution in [2.24, 2.45) is 16.9 Å². The van der Waals surface area contributed by atoms with E-state index >= 15 is 0 Å². The van der Waals surface area contributed by atoms with Crippen LogP contribution in [0.15, 0.2) is 54.6 Å². The summed E-state index contributed by atoms with van der Waals surface area (Å²) in [6.45, 7) is 8.63. The van der Waals surface area contributed by atoms with Crippen LogP contribution < -0.4 is 26.8 Å². The third-order valence-corrected chi connectivity index (χ3v) is 6.68. The first-order valence-corrected chi connectivity index (χ1v) is 13.6. The molecule has 0 aliphatic heterocycles. The minimum Gasteiger partial charge on any atom is -0.478 e. The van der Waals surface area contributed by atoms with Crippen molar-refractivity contribution in [3.63, 3.8) is 0 Å². The lowest BCUT2D eigenvalue weighted by atomic mass is 9.83. The zero-order valence-electron chi connectivity index (χ0n) is 24.3. The van der Waals surface area contributed by atoms with Gasteiger partial charge in [0.15, 0.2) is 0 Å². The molecule has 222 valence electrons. The summed E-state index contributed by atoms with van der Waals surface area (Å²) in [5.74, 6) is -2.19. The van der Waals surface area contributed by atoms with Crippen molar-refractivity contribution in [3.05, 3.63) is 77.0 Å². The molecule has 2 aromatic carbocycles. The van der Waals surface area contributed by atoms with Gasteiger partial charge in [0, 0.05) is 34.5 Å². The van der Waals surface area contributed by atoms with Gasteiger partial charge in [-0.1, -0.05) is 26.8 Å². The summed E-state index contributed by atoms with van der Waals surface area (Å²) in [7, 11) is 0. The number of hydrogen-bond donors (Lipinski definition) is 6. The maximum atomic E-state index is 13.4. The number of nitrogens with two attached hydrogens (primary N) is 2. The van der Waals surface area contributed by atoms with E-state index < -0.39 is 17.8 Å². The van der Waals surface area contributed by atoms with Crippen molar-refractivity contribution < 1.29 is 24.2 Å². The number of nitrogens with one attached hydrogen (secondary N) is 3. The van der Waals surface area contributed by atoms with Gasteiger partial charge in [-0.2, -0.15) is 0 Å². The van der Waals surface area contributed by atoms with Crippen LogP contribution in [-0.4, -0.2) is 52.9 Å². The molecule has 0 spiro atoms. The number of amidine groups is 1. The van der Waals surface area contributed by atoms with E-state index in [1.165, 1.54) is 18.2 Å². The smallest absolute Gasteiger partial charge is 0.336 e. The van der Waals surface area contributed by atoms with E-state index in [9.17, 15) is 19.5 Å². The zero-order valence-corrected chi connectivity index (χ0v) is 24.3. The molecule has 11 heteroatoms. The van der Waals surface area contributed by atoms with E-state index in [0.29, 0.717) is 30.8 Å². The Morgan fingerprint density at radius 3 is 2.21 bits per heavy atom. The summed E-state index contributed by atoms with van der Waals surface area (Å²) in [5, 5.41) is 23.4. The number of anilines is 1. The number of nitrogens with zero attached hydrogens (tertiary/aromatic N) is 1. The summed E-state index contributed by atoms with van der Waals surface area (Å²) < 4.78 is 5.49. The van der Waals surface area contributed by atoms with Gasteiger partial charge in [0.2, 0.25) is 5.88 Å². The average Bonchev–Trinajstić information content (AvgIpc) is 2.94. The summed E-state index contributed by atoms with van der Waals surface area (Å²) in [6, 6.07) is 13.6. The lowest BCUT2D eigenvalue weighted by molar-refractivity contribution is 0.0697. The Morgan fingerprint density at radius 1 is 1.00 bits per heavy atom. The van der Waals surface area contributed by atoms with Crippen LogP contribution in [0.5, 0.6) is 5.88 Å². The SMILES string of the molecule is CCOc1ccc(-c2ccc(C(=O)N[C@H](CCCN)C(C)(C)C)cc2C(=O)O)c(C(=O)Nc2ccc(C(=N)N)cc2)n1. The molecule has 11 nitrogen and oxygen atoms in total. The number of carbonyl (C=O) groups excluding carboxylic acids is 2. The van der Waals surface area contributed by atoms with Crippen molar-refractivity contribution in [3.8, 4) is 17.0 Å². The molecule has 8 N–H and O–H groups in total. The Hall–Kier alpha value is -4.77. The number of hydrogen-bond acceptors (Lipinski definition) is 7. The highest BCUT2D eigenvalue weighted by Crippen LogP contribution is 2.30. The molecule has 1 atom stereocenters. The second kappa shape index (κ2) is 13.7. The summed E-state index contributed by atoms with van der Waals surface area (Å²) in [5.41, 5.74) is 12.3. The second-order valence-electron chi connectivity index (χ2n) is 10.8. The molecule has 0 radical (unpaired) electrons. The molecular formula is C31H38N6O5. The molecule has 3 aromatic rings. The number of aromatic nitrogens is 1. The van der Waals surface area contributed by atoms with Gasteiger partial charge in [-0.3, -0.25) is 15.0 Å². The fraction of sp³-hybridized carbons (Fsp3) is 0.323. The summed E-state index contributed by atoms with van der Waals surface area (Å²) in [4.78, 5) is 43.4. The van der Waals surface area contributed by atoms with Crippen LogP contribution in [0.2, 0.25) is 0 Å². The average molecular weight is 575 g/mol. The number of benzene rings is 2. The number of carbonyl (C=O) groups is 3.